The molecule has 0 bridgehead atoms. The molecule has 0 N–H and O–H groups in total. The molecule has 2 atom stereocenters. The molecule has 26 heavy (non-hydrogen) atoms. The molecular formula is C14H11Cl2F6N3O. The van der Waals surface area contributed by atoms with Crippen molar-refractivity contribution >= 4 is 23.2 Å². The molecule has 4 nitrogen and oxygen atoms in total. The van der Waals surface area contributed by atoms with Gasteiger partial charge in [-0.05, 0) is 17.7 Å². The average Bonchev–Trinajstić information content (AvgIpc) is 3.03. The predicted octanol–water partition coefficient (Wildman–Crippen LogP) is 4.88. The first-order valence-corrected chi connectivity index (χ1v) is 7.76. The van der Waals surface area contributed by atoms with Crippen molar-refractivity contribution in [2.24, 2.45) is 0 Å². The largest absolute Gasteiger partial charge is 0.428 e. The first-order valence-electron chi connectivity index (χ1n) is 7.00. The summed E-state index contributed by atoms with van der Waals surface area (Å²) >= 11 is 11.8. The first-order chi connectivity index (χ1) is 12.0. The summed E-state index contributed by atoms with van der Waals surface area (Å²) in [4.78, 5) is 3.67. The summed E-state index contributed by atoms with van der Waals surface area (Å²) in [5.74, 6) is -0.965. The first kappa shape index (κ1) is 20.8. The number of hydrogen-bond acceptors (Lipinski definition) is 3. The average molecular weight is 422 g/mol. The van der Waals surface area contributed by atoms with Crippen LogP contribution < -0.4 is 0 Å². The van der Waals surface area contributed by atoms with E-state index in [1.54, 1.807) is 0 Å². The smallest absolute Gasteiger partial charge is 0.317 e. The lowest BCUT2D eigenvalue weighted by Crippen LogP contribution is -2.44. The van der Waals surface area contributed by atoms with Gasteiger partial charge in [0.1, 0.15) is 12.7 Å². The maximum absolute atomic E-state index is 13.4. The van der Waals surface area contributed by atoms with E-state index >= 15 is 0 Å². The molecule has 0 aliphatic heterocycles. The summed E-state index contributed by atoms with van der Waals surface area (Å²) in [5.41, 5.74) is 0.268. The normalized spacial score (nSPS) is 15.1. The molecule has 0 fully saturated rings. The van der Waals surface area contributed by atoms with E-state index < -0.39 is 31.0 Å². The molecule has 0 amide bonds. The van der Waals surface area contributed by atoms with Crippen molar-refractivity contribution in [2.45, 2.75) is 30.9 Å². The third-order valence-corrected chi connectivity index (χ3v) is 3.90. The topological polar surface area (TPSA) is 39.9 Å². The zero-order valence-electron chi connectivity index (χ0n) is 12.7. The van der Waals surface area contributed by atoms with Crippen LogP contribution in [0.5, 0.6) is 0 Å². The number of nitrogens with zero attached hydrogens (tertiary/aromatic N) is 3. The molecule has 2 unspecified atom stereocenters. The highest BCUT2D eigenvalue weighted by molar-refractivity contribution is 6.35. The van der Waals surface area contributed by atoms with Gasteiger partial charge in [0.15, 0.2) is 0 Å². The van der Waals surface area contributed by atoms with Gasteiger partial charge in [0, 0.05) is 16.0 Å². The standard InChI is InChI=1S/C14H11Cl2F6N3O/c15-9-1-2-10(11(16)3-9)8(4-25-7-23-6-24-25)5-26-14(21,22)12(17)13(18,19)20/h1-3,6-8,12H,4-5H2. The lowest BCUT2D eigenvalue weighted by Gasteiger charge is -2.25. The van der Waals surface area contributed by atoms with Crippen molar-refractivity contribution in [1.82, 2.24) is 14.8 Å². The SMILES string of the molecule is FC(C(F)(F)F)C(F)(F)OCC(Cn1cncn1)c1ccc(Cl)cc1Cl. The van der Waals surface area contributed by atoms with Gasteiger partial charge >= 0.3 is 12.3 Å². The van der Waals surface area contributed by atoms with Crippen LogP contribution >= 0.6 is 23.2 Å². The van der Waals surface area contributed by atoms with E-state index in [1.165, 1.54) is 35.5 Å². The summed E-state index contributed by atoms with van der Waals surface area (Å²) in [7, 11) is 0. The monoisotopic (exact) mass is 421 g/mol. The second-order valence-corrected chi connectivity index (χ2v) is 6.10. The Morgan fingerprint density at radius 1 is 1.15 bits per heavy atom. The molecule has 0 saturated carbocycles. The number of rotatable bonds is 7. The lowest BCUT2D eigenvalue weighted by atomic mass is 10.00. The van der Waals surface area contributed by atoms with E-state index in [2.05, 4.69) is 14.8 Å². The van der Waals surface area contributed by atoms with Gasteiger partial charge in [-0.3, -0.25) is 4.68 Å². The molecule has 2 rings (SSSR count). The Labute approximate surface area is 153 Å². The van der Waals surface area contributed by atoms with Crippen LogP contribution in [0, 0.1) is 0 Å². The van der Waals surface area contributed by atoms with E-state index in [4.69, 9.17) is 23.2 Å². The van der Waals surface area contributed by atoms with Gasteiger partial charge in [-0.25, -0.2) is 9.37 Å². The molecule has 0 aliphatic carbocycles. The van der Waals surface area contributed by atoms with Gasteiger partial charge in [0.2, 0.25) is 0 Å². The maximum atomic E-state index is 13.4. The summed E-state index contributed by atoms with van der Waals surface area (Å²) in [6.45, 7) is -1.05. The Bertz CT molecular complexity index is 726. The van der Waals surface area contributed by atoms with Crippen LogP contribution in [0.25, 0.3) is 0 Å². The lowest BCUT2D eigenvalue weighted by molar-refractivity contribution is -0.336. The summed E-state index contributed by atoms with van der Waals surface area (Å²) < 4.78 is 81.7. The third kappa shape index (κ3) is 5.24. The van der Waals surface area contributed by atoms with Crippen molar-refractivity contribution in [3.63, 3.8) is 0 Å². The number of hydrogen-bond donors (Lipinski definition) is 0. The van der Waals surface area contributed by atoms with Crippen molar-refractivity contribution in [3.05, 3.63) is 46.5 Å². The molecule has 1 heterocycles. The van der Waals surface area contributed by atoms with Crippen molar-refractivity contribution in [3.8, 4) is 0 Å². The van der Waals surface area contributed by atoms with Crippen LogP contribution in [0.2, 0.25) is 10.0 Å². The van der Waals surface area contributed by atoms with Gasteiger partial charge in [0.05, 0.1) is 13.2 Å². The van der Waals surface area contributed by atoms with Crippen LogP contribution in [0.1, 0.15) is 11.5 Å². The Kier molecular flexibility index (Phi) is 6.41. The van der Waals surface area contributed by atoms with Crippen molar-refractivity contribution < 1.29 is 31.1 Å². The minimum absolute atomic E-state index is 0.0853. The van der Waals surface area contributed by atoms with Gasteiger partial charge in [-0.15, -0.1) is 0 Å². The quantitative estimate of drug-likeness (QED) is 0.598. The maximum Gasteiger partial charge on any atom is 0.428 e. The van der Waals surface area contributed by atoms with Gasteiger partial charge in [-0.2, -0.15) is 27.1 Å². The Morgan fingerprint density at radius 3 is 2.38 bits per heavy atom. The molecule has 12 heteroatoms. The Hall–Kier alpha value is -1.52. The molecule has 2 aromatic rings. The number of benzene rings is 1. The fourth-order valence-corrected chi connectivity index (χ4v) is 2.66. The molecule has 0 radical (unpaired) electrons. The second kappa shape index (κ2) is 8.01. The van der Waals surface area contributed by atoms with E-state index in [-0.39, 0.29) is 22.2 Å². The summed E-state index contributed by atoms with van der Waals surface area (Å²) in [5, 5.41) is 4.14. The zero-order valence-corrected chi connectivity index (χ0v) is 14.2. The van der Waals surface area contributed by atoms with Crippen molar-refractivity contribution in [2.75, 3.05) is 6.61 Å². The van der Waals surface area contributed by atoms with E-state index in [9.17, 15) is 26.3 Å². The molecule has 0 aliphatic rings. The highest BCUT2D eigenvalue weighted by Crippen LogP contribution is 2.37. The number of halogens is 8. The molecule has 0 saturated heterocycles. The predicted molar refractivity (Wildman–Crippen MR) is 81.1 cm³/mol. The molecular weight excluding hydrogens is 411 g/mol. The minimum Gasteiger partial charge on any atom is -0.317 e. The fourth-order valence-electron chi connectivity index (χ4n) is 2.10. The molecule has 1 aromatic carbocycles. The Balaban J connectivity index is 2.21. The number of aromatic nitrogens is 3. The molecule has 1 aromatic heterocycles. The minimum atomic E-state index is -5.76. The highest BCUT2D eigenvalue weighted by Gasteiger charge is 2.58. The van der Waals surface area contributed by atoms with Crippen LogP contribution in [-0.2, 0) is 11.3 Å². The zero-order chi connectivity index (χ0) is 19.5. The molecule has 144 valence electrons. The second-order valence-electron chi connectivity index (χ2n) is 5.26. The van der Waals surface area contributed by atoms with Crippen molar-refractivity contribution in [1.29, 1.82) is 0 Å². The van der Waals surface area contributed by atoms with Gasteiger partial charge in [0.25, 0.3) is 6.17 Å². The number of alkyl halides is 6. The van der Waals surface area contributed by atoms with Crippen LogP contribution in [0.3, 0.4) is 0 Å². The molecule has 0 spiro atoms. The van der Waals surface area contributed by atoms with E-state index in [0.29, 0.717) is 0 Å². The van der Waals surface area contributed by atoms with Gasteiger partial charge < -0.3 is 4.74 Å². The van der Waals surface area contributed by atoms with E-state index in [0.717, 1.165) is 0 Å². The van der Waals surface area contributed by atoms with E-state index in [1.807, 2.05) is 0 Å². The summed E-state index contributed by atoms with van der Waals surface area (Å²) in [6.07, 6.45) is -12.8. The van der Waals surface area contributed by atoms with Crippen LogP contribution in [0.15, 0.2) is 30.9 Å². The number of ether oxygens (including phenoxy) is 1. The Morgan fingerprint density at radius 2 is 1.85 bits per heavy atom. The fraction of sp³-hybridized carbons (Fsp3) is 0.429. The summed E-state index contributed by atoms with van der Waals surface area (Å²) in [6, 6.07) is 4.16. The third-order valence-electron chi connectivity index (χ3n) is 3.34. The van der Waals surface area contributed by atoms with Crippen LogP contribution in [0.4, 0.5) is 26.3 Å². The highest BCUT2D eigenvalue weighted by atomic mass is 35.5. The van der Waals surface area contributed by atoms with Crippen LogP contribution in [-0.4, -0.2) is 39.8 Å². The van der Waals surface area contributed by atoms with Gasteiger partial charge in [-0.1, -0.05) is 29.3 Å².